The Hall–Kier alpha value is -2.68. The molecule has 1 aliphatic rings. The van der Waals surface area contributed by atoms with E-state index in [-0.39, 0.29) is 28.5 Å². The maximum absolute atomic E-state index is 13.2. The van der Waals surface area contributed by atoms with Crippen molar-refractivity contribution in [3.8, 4) is 0 Å². The Morgan fingerprint density at radius 3 is 2.72 bits per heavy atom. The van der Waals surface area contributed by atoms with E-state index in [1.165, 1.54) is 6.07 Å². The molecular formula is C15H12ClF3N2O4. The highest BCUT2D eigenvalue weighted by molar-refractivity contribution is 6.35. The Kier molecular flexibility index (Phi) is 5.27. The van der Waals surface area contributed by atoms with Crippen molar-refractivity contribution in [1.82, 2.24) is 4.98 Å². The van der Waals surface area contributed by atoms with E-state index in [2.05, 4.69) is 25.8 Å². The summed E-state index contributed by atoms with van der Waals surface area (Å²) in [4.78, 5) is 15.6. The molecule has 6 nitrogen and oxygen atoms in total. The molecule has 0 unspecified atom stereocenters. The predicted octanol–water partition coefficient (Wildman–Crippen LogP) is 3.49. The third-order valence-corrected chi connectivity index (χ3v) is 3.30. The summed E-state index contributed by atoms with van der Waals surface area (Å²) in [5.41, 5.74) is 5.73. The van der Waals surface area contributed by atoms with Crippen LogP contribution in [-0.2, 0) is 20.6 Å². The zero-order valence-electron chi connectivity index (χ0n) is 12.8. The van der Waals surface area contributed by atoms with Gasteiger partial charge in [0.15, 0.2) is 17.2 Å². The zero-order valence-corrected chi connectivity index (χ0v) is 13.6. The topological polar surface area (TPSA) is 83.7 Å². The number of aromatic nitrogens is 1. The van der Waals surface area contributed by atoms with E-state index in [1.807, 2.05) is 0 Å². The zero-order chi connectivity index (χ0) is 18.8. The molecule has 0 spiro atoms. The van der Waals surface area contributed by atoms with Crippen LogP contribution in [0.1, 0.15) is 16.2 Å². The summed E-state index contributed by atoms with van der Waals surface area (Å²) in [6.45, 7) is 2.94. The molecule has 2 N–H and O–H groups in total. The van der Waals surface area contributed by atoms with Crippen LogP contribution in [0.25, 0.3) is 0 Å². The first-order valence-electron chi connectivity index (χ1n) is 6.68. The molecule has 134 valence electrons. The van der Waals surface area contributed by atoms with Gasteiger partial charge in [0.05, 0.1) is 17.8 Å². The van der Waals surface area contributed by atoms with E-state index >= 15 is 0 Å². The Morgan fingerprint density at radius 2 is 2.12 bits per heavy atom. The van der Waals surface area contributed by atoms with Gasteiger partial charge in [-0.1, -0.05) is 18.2 Å². The number of halogens is 4. The number of rotatable bonds is 4. The molecule has 0 bridgehead atoms. The van der Waals surface area contributed by atoms with E-state index in [4.69, 9.17) is 17.3 Å². The Labute approximate surface area is 145 Å². The smallest absolute Gasteiger partial charge is 0.464 e. The number of carbonyl (C=O) groups excluding carboxylic acids is 1. The fourth-order valence-electron chi connectivity index (χ4n) is 1.90. The molecule has 0 saturated carbocycles. The fraction of sp³-hybridized carbons (Fsp3) is 0.200. The maximum Gasteiger partial charge on any atom is 0.586 e. The molecule has 0 aliphatic carbocycles. The van der Waals surface area contributed by atoms with Gasteiger partial charge in [0.25, 0.3) is 0 Å². The average Bonchev–Trinajstić information content (AvgIpc) is 2.80. The first-order chi connectivity index (χ1) is 11.6. The van der Waals surface area contributed by atoms with Crippen LogP contribution in [0.5, 0.6) is 0 Å². The van der Waals surface area contributed by atoms with E-state index in [0.29, 0.717) is 6.08 Å². The van der Waals surface area contributed by atoms with E-state index in [1.54, 1.807) is 0 Å². The molecule has 2 heterocycles. The number of nitrogens with two attached hydrogens (primary N) is 1. The first kappa shape index (κ1) is 18.7. The van der Waals surface area contributed by atoms with Crippen LogP contribution in [0.3, 0.4) is 0 Å². The molecule has 10 heteroatoms. The number of hydrogen-bond acceptors (Lipinski definition) is 6. The third kappa shape index (κ3) is 4.44. The highest BCUT2D eigenvalue weighted by Crippen LogP contribution is 2.37. The van der Waals surface area contributed by atoms with Gasteiger partial charge >= 0.3 is 12.3 Å². The minimum absolute atomic E-state index is 0.0484. The highest BCUT2D eigenvalue weighted by atomic mass is 35.5. The van der Waals surface area contributed by atoms with Gasteiger partial charge in [-0.05, 0) is 12.1 Å². The number of nitrogens with zero attached hydrogens (tertiary/aromatic N) is 1. The van der Waals surface area contributed by atoms with Crippen LogP contribution in [0, 0.1) is 0 Å². The van der Waals surface area contributed by atoms with Crippen molar-refractivity contribution in [3.05, 3.63) is 58.6 Å². The lowest BCUT2D eigenvalue weighted by atomic mass is 10.2. The third-order valence-electron chi connectivity index (χ3n) is 2.90. The van der Waals surface area contributed by atoms with Gasteiger partial charge in [0, 0.05) is 18.2 Å². The van der Waals surface area contributed by atoms with Crippen LogP contribution in [0.15, 0.2) is 42.1 Å². The first-order valence-corrected chi connectivity index (χ1v) is 7.06. The largest absolute Gasteiger partial charge is 0.586 e. The molecule has 2 rings (SSSR count). The van der Waals surface area contributed by atoms with Crippen molar-refractivity contribution in [2.75, 3.05) is 12.8 Å². The van der Waals surface area contributed by atoms with Crippen LogP contribution in [0.4, 0.5) is 18.9 Å². The van der Waals surface area contributed by atoms with Crippen molar-refractivity contribution in [1.29, 1.82) is 0 Å². The second-order valence-electron chi connectivity index (χ2n) is 4.75. The summed E-state index contributed by atoms with van der Waals surface area (Å²) in [6, 6.07) is 1.34. The molecular weight excluding hydrogens is 365 g/mol. The summed E-state index contributed by atoms with van der Waals surface area (Å²) in [6.07, 6.45) is -2.21. The summed E-state index contributed by atoms with van der Waals surface area (Å²) in [5.74, 6) is -2.76. The number of alkyl halides is 2. The monoisotopic (exact) mass is 376 g/mol. The van der Waals surface area contributed by atoms with Gasteiger partial charge in [-0.2, -0.15) is 0 Å². The van der Waals surface area contributed by atoms with Gasteiger partial charge in [-0.25, -0.2) is 14.2 Å². The lowest BCUT2D eigenvalue weighted by Gasteiger charge is -2.07. The van der Waals surface area contributed by atoms with Crippen molar-refractivity contribution in [3.63, 3.8) is 0 Å². The molecule has 25 heavy (non-hydrogen) atoms. The number of nitrogen functional groups attached to an aromatic ring is 1. The van der Waals surface area contributed by atoms with Crippen molar-refractivity contribution >= 4 is 23.3 Å². The van der Waals surface area contributed by atoms with Crippen LogP contribution >= 0.6 is 11.6 Å². The molecule has 1 aromatic rings. The number of hydrogen-bond donors (Lipinski definition) is 1. The second-order valence-corrected chi connectivity index (χ2v) is 5.13. The summed E-state index contributed by atoms with van der Waals surface area (Å²) in [5, 5.41) is -0.0930. The van der Waals surface area contributed by atoms with Crippen molar-refractivity contribution < 1.29 is 32.2 Å². The molecule has 1 fully saturated rings. The maximum atomic E-state index is 13.2. The molecule has 0 atom stereocenters. The molecule has 1 saturated heterocycles. The minimum atomic E-state index is -3.93. The van der Waals surface area contributed by atoms with Crippen LogP contribution in [0.2, 0.25) is 5.02 Å². The number of carbonyl (C=O) groups is 1. The number of esters is 1. The quantitative estimate of drug-likeness (QED) is 0.810. The molecule has 1 aromatic heterocycles. The number of anilines is 1. The van der Waals surface area contributed by atoms with Crippen molar-refractivity contribution in [2.45, 2.75) is 12.7 Å². The van der Waals surface area contributed by atoms with Gasteiger partial charge in [0.2, 0.25) is 0 Å². The van der Waals surface area contributed by atoms with Gasteiger partial charge < -0.3 is 19.9 Å². The normalized spacial score (nSPS) is 18.8. The second kappa shape index (κ2) is 7.06. The van der Waals surface area contributed by atoms with Crippen molar-refractivity contribution in [2.24, 2.45) is 0 Å². The molecule has 0 radical (unpaired) electrons. The number of methoxy groups -OCH3 is 1. The average molecular weight is 377 g/mol. The Balaban J connectivity index is 2.33. The lowest BCUT2D eigenvalue weighted by Crippen LogP contribution is -2.14. The number of ether oxygens (including phenoxy) is 3. The molecule has 0 amide bonds. The Bertz CT molecular complexity index is 793. The molecule has 0 aromatic carbocycles. The van der Waals surface area contributed by atoms with E-state index in [9.17, 15) is 18.0 Å². The van der Waals surface area contributed by atoms with Crippen LogP contribution < -0.4 is 5.73 Å². The predicted molar refractivity (Wildman–Crippen MR) is 82.2 cm³/mol. The van der Waals surface area contributed by atoms with Gasteiger partial charge in [0.1, 0.15) is 5.83 Å². The fourth-order valence-corrected chi connectivity index (χ4v) is 2.07. The van der Waals surface area contributed by atoms with Gasteiger partial charge in [-0.15, -0.1) is 8.78 Å². The number of allylic oxidation sites excluding steroid dienone is 3. The van der Waals surface area contributed by atoms with E-state index < -0.39 is 29.6 Å². The molecule has 1 aliphatic heterocycles. The SMILES string of the molecule is C=C(F)/C=C1/OC(F)(F)O/C1=C/Cc1cc(N)c(Cl)c(C(=O)OC)n1. The lowest BCUT2D eigenvalue weighted by molar-refractivity contribution is -0.326. The highest BCUT2D eigenvalue weighted by Gasteiger charge is 2.45. The summed E-state index contributed by atoms with van der Waals surface area (Å²) in [7, 11) is 1.14. The Morgan fingerprint density at radius 1 is 1.48 bits per heavy atom. The van der Waals surface area contributed by atoms with Gasteiger partial charge in [-0.3, -0.25) is 0 Å². The summed E-state index contributed by atoms with van der Waals surface area (Å²) >= 11 is 5.88. The summed E-state index contributed by atoms with van der Waals surface area (Å²) < 4.78 is 52.2. The number of pyridine rings is 1. The minimum Gasteiger partial charge on any atom is -0.464 e. The van der Waals surface area contributed by atoms with E-state index in [0.717, 1.165) is 13.2 Å². The van der Waals surface area contributed by atoms with Crippen LogP contribution in [-0.4, -0.2) is 24.4 Å². The standard InChI is InChI=1S/C15H12ClF3N2O4/c1-7(17)5-11-10(24-15(18,19)25-11)4-3-8-6-9(20)12(16)13(21-8)14(22)23-2/h4-6H,1,3H2,2H3,(H2,20,21)/b10-4+,11-5+.